The van der Waals surface area contributed by atoms with Crippen LogP contribution in [-0.2, 0) is 11.8 Å². The van der Waals surface area contributed by atoms with Gasteiger partial charge in [0.1, 0.15) is 0 Å². The summed E-state index contributed by atoms with van der Waals surface area (Å²) < 4.78 is 0. The number of hydrogen-bond acceptors (Lipinski definition) is 1. The molecule has 0 heterocycles. The maximum absolute atomic E-state index is 3.57. The third kappa shape index (κ3) is 1.43. The van der Waals surface area contributed by atoms with Gasteiger partial charge in [-0.05, 0) is 54.8 Å². The highest BCUT2D eigenvalue weighted by atomic mass is 14.9. The van der Waals surface area contributed by atoms with Crippen LogP contribution in [0, 0.1) is 11.3 Å². The quantitative estimate of drug-likeness (QED) is 0.856. The molecule has 0 bridgehead atoms. The maximum Gasteiger partial charge on any atom is 0.00561 e. The first-order chi connectivity index (χ1) is 8.64. The molecular formula is C17H25N. The van der Waals surface area contributed by atoms with Gasteiger partial charge in [0.15, 0.2) is 0 Å². The van der Waals surface area contributed by atoms with Crippen molar-refractivity contribution in [1.29, 1.82) is 0 Å². The van der Waals surface area contributed by atoms with Crippen LogP contribution in [0.15, 0.2) is 24.3 Å². The minimum atomic E-state index is 0.462. The Morgan fingerprint density at radius 2 is 2.06 bits per heavy atom. The standard InChI is InChI=1S/C17H25N/c1-4-18-12-15-16(2,3)17(15)11-7-9-13-8-5-6-10-14(13)17/h5-6,8,10,15,18H,4,7,9,11-12H2,1-3H3. The van der Waals surface area contributed by atoms with E-state index in [1.54, 1.807) is 11.1 Å². The van der Waals surface area contributed by atoms with Crippen molar-refractivity contribution >= 4 is 0 Å². The van der Waals surface area contributed by atoms with Gasteiger partial charge in [-0.25, -0.2) is 0 Å². The zero-order valence-corrected chi connectivity index (χ0v) is 11.9. The fraction of sp³-hybridized carbons (Fsp3) is 0.647. The molecule has 0 saturated heterocycles. The molecule has 2 atom stereocenters. The van der Waals surface area contributed by atoms with Gasteiger partial charge in [0.25, 0.3) is 0 Å². The van der Waals surface area contributed by atoms with Gasteiger partial charge in [0.2, 0.25) is 0 Å². The first-order valence-corrected chi connectivity index (χ1v) is 7.43. The summed E-state index contributed by atoms with van der Waals surface area (Å²) in [6.45, 7) is 9.41. The van der Waals surface area contributed by atoms with E-state index < -0.39 is 0 Å². The number of fused-ring (bicyclic) bond motifs is 2. The molecule has 0 aromatic heterocycles. The van der Waals surface area contributed by atoms with Crippen molar-refractivity contribution < 1.29 is 0 Å². The maximum atomic E-state index is 3.57. The first-order valence-electron chi connectivity index (χ1n) is 7.43. The molecule has 1 spiro atoms. The predicted octanol–water partition coefficient (Wildman–Crippen LogP) is 3.53. The molecule has 0 aliphatic heterocycles. The second-order valence-electron chi connectivity index (χ2n) is 6.56. The van der Waals surface area contributed by atoms with E-state index in [-0.39, 0.29) is 0 Å². The number of hydrogen-bond donors (Lipinski definition) is 1. The van der Waals surface area contributed by atoms with Crippen LogP contribution in [0.4, 0.5) is 0 Å². The van der Waals surface area contributed by atoms with Crippen molar-refractivity contribution in [2.75, 3.05) is 13.1 Å². The van der Waals surface area contributed by atoms with Gasteiger partial charge in [-0.1, -0.05) is 45.0 Å². The molecule has 1 fully saturated rings. The van der Waals surface area contributed by atoms with Gasteiger partial charge < -0.3 is 5.32 Å². The molecule has 0 radical (unpaired) electrons. The summed E-state index contributed by atoms with van der Waals surface area (Å²) in [5, 5.41) is 3.57. The van der Waals surface area contributed by atoms with Gasteiger partial charge in [-0.3, -0.25) is 0 Å². The van der Waals surface area contributed by atoms with Crippen LogP contribution in [0.2, 0.25) is 0 Å². The van der Waals surface area contributed by atoms with E-state index in [1.165, 1.54) is 25.8 Å². The molecule has 1 heteroatoms. The van der Waals surface area contributed by atoms with E-state index in [2.05, 4.69) is 50.4 Å². The lowest BCUT2D eigenvalue weighted by atomic mass is 9.75. The highest BCUT2D eigenvalue weighted by molar-refractivity contribution is 5.47. The van der Waals surface area contributed by atoms with Crippen LogP contribution in [0.3, 0.4) is 0 Å². The van der Waals surface area contributed by atoms with E-state index in [1.807, 2.05) is 0 Å². The average Bonchev–Trinajstić information content (AvgIpc) is 2.83. The monoisotopic (exact) mass is 243 g/mol. The van der Waals surface area contributed by atoms with Crippen molar-refractivity contribution in [2.45, 2.75) is 45.4 Å². The van der Waals surface area contributed by atoms with Gasteiger partial charge in [-0.15, -0.1) is 0 Å². The minimum absolute atomic E-state index is 0.462. The Kier molecular flexibility index (Phi) is 2.78. The Morgan fingerprint density at radius 3 is 2.83 bits per heavy atom. The van der Waals surface area contributed by atoms with Gasteiger partial charge in [0.05, 0.1) is 0 Å². The Labute approximate surface area is 111 Å². The van der Waals surface area contributed by atoms with E-state index in [0.717, 1.165) is 12.5 Å². The van der Waals surface area contributed by atoms with Crippen LogP contribution in [0.1, 0.15) is 44.7 Å². The van der Waals surface area contributed by atoms with Crippen molar-refractivity contribution in [1.82, 2.24) is 5.32 Å². The average molecular weight is 243 g/mol. The van der Waals surface area contributed by atoms with Gasteiger partial charge in [0, 0.05) is 5.41 Å². The van der Waals surface area contributed by atoms with Gasteiger partial charge in [-0.2, -0.15) is 0 Å². The topological polar surface area (TPSA) is 12.0 Å². The lowest BCUT2D eigenvalue weighted by Crippen LogP contribution is -2.24. The van der Waals surface area contributed by atoms with Crippen LogP contribution < -0.4 is 5.32 Å². The second kappa shape index (κ2) is 4.09. The molecule has 3 rings (SSSR count). The van der Waals surface area contributed by atoms with E-state index in [0.29, 0.717) is 10.8 Å². The Bertz CT molecular complexity index is 449. The smallest absolute Gasteiger partial charge is 0.00561 e. The molecule has 2 unspecified atom stereocenters. The highest BCUT2D eigenvalue weighted by Gasteiger charge is 2.71. The fourth-order valence-electron chi connectivity index (χ4n) is 4.58. The summed E-state index contributed by atoms with van der Waals surface area (Å²) >= 11 is 0. The molecule has 1 aromatic rings. The fourth-order valence-corrected chi connectivity index (χ4v) is 4.58. The molecule has 1 N–H and O–H groups in total. The Hall–Kier alpha value is -0.820. The van der Waals surface area contributed by atoms with E-state index in [4.69, 9.17) is 0 Å². The summed E-state index contributed by atoms with van der Waals surface area (Å²) in [6.07, 6.45) is 4.03. The van der Waals surface area contributed by atoms with Gasteiger partial charge >= 0.3 is 0 Å². The molecular weight excluding hydrogens is 218 g/mol. The highest BCUT2D eigenvalue weighted by Crippen LogP contribution is 2.72. The van der Waals surface area contributed by atoms with Crippen molar-refractivity contribution in [3.8, 4) is 0 Å². The molecule has 2 aliphatic carbocycles. The number of nitrogens with one attached hydrogen (secondary N) is 1. The van der Waals surface area contributed by atoms with Crippen molar-refractivity contribution in [3.05, 3.63) is 35.4 Å². The normalized spacial score (nSPS) is 32.3. The SMILES string of the molecule is CCNCC1C(C)(C)C12CCCc1ccccc12. The largest absolute Gasteiger partial charge is 0.317 e. The molecule has 98 valence electrons. The van der Waals surface area contributed by atoms with Crippen LogP contribution in [0.5, 0.6) is 0 Å². The first kappa shape index (κ1) is 12.2. The van der Waals surface area contributed by atoms with E-state index in [9.17, 15) is 0 Å². The van der Waals surface area contributed by atoms with Crippen LogP contribution in [0.25, 0.3) is 0 Å². The van der Waals surface area contributed by atoms with Crippen LogP contribution >= 0.6 is 0 Å². The van der Waals surface area contributed by atoms with Crippen molar-refractivity contribution in [3.63, 3.8) is 0 Å². The Balaban J connectivity index is 1.97. The molecule has 1 nitrogen and oxygen atoms in total. The summed E-state index contributed by atoms with van der Waals surface area (Å²) in [5.74, 6) is 0.811. The summed E-state index contributed by atoms with van der Waals surface area (Å²) in [6, 6.07) is 9.16. The molecule has 2 aliphatic rings. The summed E-state index contributed by atoms with van der Waals surface area (Å²) in [5.41, 5.74) is 4.19. The minimum Gasteiger partial charge on any atom is -0.317 e. The molecule has 18 heavy (non-hydrogen) atoms. The Morgan fingerprint density at radius 1 is 1.28 bits per heavy atom. The molecule has 0 amide bonds. The molecule has 1 saturated carbocycles. The third-order valence-electron chi connectivity index (χ3n) is 5.65. The number of aryl methyl sites for hydroxylation is 1. The summed E-state index contributed by atoms with van der Waals surface area (Å²) in [4.78, 5) is 0. The second-order valence-corrected chi connectivity index (χ2v) is 6.56. The number of rotatable bonds is 3. The zero-order chi connectivity index (χ0) is 12.8. The van der Waals surface area contributed by atoms with E-state index >= 15 is 0 Å². The number of benzene rings is 1. The lowest BCUT2D eigenvalue weighted by Gasteiger charge is -2.29. The van der Waals surface area contributed by atoms with Crippen molar-refractivity contribution in [2.24, 2.45) is 11.3 Å². The predicted molar refractivity (Wildman–Crippen MR) is 76.9 cm³/mol. The summed E-state index contributed by atoms with van der Waals surface area (Å²) in [7, 11) is 0. The van der Waals surface area contributed by atoms with Crippen LogP contribution in [-0.4, -0.2) is 13.1 Å². The zero-order valence-electron chi connectivity index (χ0n) is 11.9. The molecule has 1 aromatic carbocycles. The lowest BCUT2D eigenvalue weighted by molar-refractivity contribution is 0.431. The third-order valence-corrected chi connectivity index (χ3v) is 5.65.